The first-order valence-electron chi connectivity index (χ1n) is 5.17. The molecule has 18 heavy (non-hydrogen) atoms. The van der Waals surface area contributed by atoms with Crippen LogP contribution in [-0.2, 0) is 4.79 Å². The van der Waals surface area contributed by atoms with Gasteiger partial charge in [0.2, 0.25) is 0 Å². The molecule has 0 aliphatic rings. The molecule has 0 fully saturated rings. The maximum absolute atomic E-state index is 11.0. The van der Waals surface area contributed by atoms with Crippen molar-refractivity contribution in [2.45, 2.75) is 6.92 Å². The molecule has 0 amide bonds. The molecule has 92 valence electrons. The van der Waals surface area contributed by atoms with E-state index >= 15 is 0 Å². The van der Waals surface area contributed by atoms with E-state index in [4.69, 9.17) is 9.84 Å². The zero-order valence-corrected chi connectivity index (χ0v) is 10.4. The lowest BCUT2D eigenvalue weighted by Gasteiger charge is -2.08. The number of carboxylic acids is 1. The Morgan fingerprint density at radius 2 is 2.06 bits per heavy atom. The Hall–Kier alpha value is -2.14. The highest BCUT2D eigenvalue weighted by atomic mass is 32.1. The first kappa shape index (κ1) is 12.3. The van der Waals surface area contributed by atoms with E-state index in [-0.39, 0.29) is 5.56 Å². The second-order valence-corrected chi connectivity index (χ2v) is 4.53. The molecule has 1 aromatic carbocycles. The van der Waals surface area contributed by atoms with Crippen LogP contribution in [0.15, 0.2) is 35.7 Å². The standard InChI is InChI=1S/C13H10O4S/c1-8(14)17-11-5-4-9(13(15)16)7-10(11)12-3-2-6-18-12/h2-7H,1H3,(H,15,16). The molecule has 0 saturated heterocycles. The molecule has 0 bridgehead atoms. The number of carbonyl (C=O) groups excluding carboxylic acids is 1. The molecule has 0 aliphatic carbocycles. The van der Waals surface area contributed by atoms with Crippen molar-refractivity contribution in [1.82, 2.24) is 0 Å². The minimum Gasteiger partial charge on any atom is -0.478 e. The van der Waals surface area contributed by atoms with Crippen LogP contribution >= 0.6 is 11.3 Å². The quantitative estimate of drug-likeness (QED) is 0.682. The number of esters is 1. The number of carboxylic acid groups (broad SMARTS) is 1. The van der Waals surface area contributed by atoms with Gasteiger partial charge < -0.3 is 9.84 Å². The van der Waals surface area contributed by atoms with Crippen molar-refractivity contribution in [3.05, 3.63) is 41.3 Å². The van der Waals surface area contributed by atoms with E-state index in [0.29, 0.717) is 11.3 Å². The van der Waals surface area contributed by atoms with E-state index in [1.54, 1.807) is 0 Å². The van der Waals surface area contributed by atoms with Gasteiger partial charge in [-0.2, -0.15) is 0 Å². The third kappa shape index (κ3) is 2.57. The molecule has 5 heteroatoms. The topological polar surface area (TPSA) is 63.6 Å². The number of thiophene rings is 1. The smallest absolute Gasteiger partial charge is 0.335 e. The van der Waals surface area contributed by atoms with Gasteiger partial charge in [0.1, 0.15) is 5.75 Å². The van der Waals surface area contributed by atoms with Gasteiger partial charge in [-0.15, -0.1) is 11.3 Å². The minimum atomic E-state index is -1.01. The fourth-order valence-electron chi connectivity index (χ4n) is 1.53. The lowest BCUT2D eigenvalue weighted by molar-refractivity contribution is -0.131. The second kappa shape index (κ2) is 5.01. The first-order valence-corrected chi connectivity index (χ1v) is 6.05. The van der Waals surface area contributed by atoms with Crippen molar-refractivity contribution in [2.75, 3.05) is 0 Å². The summed E-state index contributed by atoms with van der Waals surface area (Å²) >= 11 is 1.45. The average Bonchev–Trinajstić information content (AvgIpc) is 2.81. The lowest BCUT2D eigenvalue weighted by atomic mass is 10.1. The molecule has 0 saturated carbocycles. The fourth-order valence-corrected chi connectivity index (χ4v) is 2.28. The minimum absolute atomic E-state index is 0.161. The number of ether oxygens (including phenoxy) is 1. The summed E-state index contributed by atoms with van der Waals surface area (Å²) < 4.78 is 5.08. The molecule has 1 aromatic heterocycles. The highest BCUT2D eigenvalue weighted by molar-refractivity contribution is 7.13. The molecule has 0 radical (unpaired) electrons. The molecule has 4 nitrogen and oxygen atoms in total. The molecule has 2 rings (SSSR count). The van der Waals surface area contributed by atoms with Crippen molar-refractivity contribution in [2.24, 2.45) is 0 Å². The summed E-state index contributed by atoms with van der Waals surface area (Å²) in [7, 11) is 0. The Bertz CT molecular complexity index is 587. The van der Waals surface area contributed by atoms with Gasteiger partial charge in [0.05, 0.1) is 5.56 Å². The highest BCUT2D eigenvalue weighted by Gasteiger charge is 2.13. The summed E-state index contributed by atoms with van der Waals surface area (Å²) in [5.74, 6) is -1.08. The molecule has 0 unspecified atom stereocenters. The van der Waals surface area contributed by atoms with Crippen molar-refractivity contribution in [3.63, 3.8) is 0 Å². The summed E-state index contributed by atoms with van der Waals surface area (Å²) in [5, 5.41) is 10.9. The van der Waals surface area contributed by atoms with Crippen LogP contribution in [0.2, 0.25) is 0 Å². The van der Waals surface area contributed by atoms with Gasteiger partial charge in [0, 0.05) is 17.4 Å². The Labute approximate surface area is 107 Å². The van der Waals surface area contributed by atoms with Crippen molar-refractivity contribution in [1.29, 1.82) is 0 Å². The van der Waals surface area contributed by atoms with Gasteiger partial charge in [-0.25, -0.2) is 4.79 Å². The van der Waals surface area contributed by atoms with Gasteiger partial charge in [0.25, 0.3) is 0 Å². The second-order valence-electron chi connectivity index (χ2n) is 3.59. The largest absolute Gasteiger partial charge is 0.478 e. The van der Waals surface area contributed by atoms with E-state index in [9.17, 15) is 9.59 Å². The monoisotopic (exact) mass is 262 g/mol. The summed E-state index contributed by atoms with van der Waals surface area (Å²) in [4.78, 5) is 22.8. The van der Waals surface area contributed by atoms with Gasteiger partial charge >= 0.3 is 11.9 Å². The van der Waals surface area contributed by atoms with Crippen LogP contribution in [0.1, 0.15) is 17.3 Å². The van der Waals surface area contributed by atoms with Crippen LogP contribution < -0.4 is 4.74 Å². The van der Waals surface area contributed by atoms with Crippen molar-refractivity contribution < 1.29 is 19.4 Å². The zero-order valence-electron chi connectivity index (χ0n) is 9.54. The molecule has 0 atom stereocenters. The summed E-state index contributed by atoms with van der Waals surface area (Å²) in [6, 6.07) is 8.12. The predicted octanol–water partition coefficient (Wildman–Crippen LogP) is 3.04. The van der Waals surface area contributed by atoms with Gasteiger partial charge in [-0.1, -0.05) is 6.07 Å². The molecule has 0 spiro atoms. The number of carbonyl (C=O) groups is 2. The molecular weight excluding hydrogens is 252 g/mol. The maximum atomic E-state index is 11.0. The van der Waals surface area contributed by atoms with Gasteiger partial charge in [0.15, 0.2) is 0 Å². The van der Waals surface area contributed by atoms with E-state index in [2.05, 4.69) is 0 Å². The van der Waals surface area contributed by atoms with Crippen molar-refractivity contribution >= 4 is 23.3 Å². The highest BCUT2D eigenvalue weighted by Crippen LogP contribution is 2.34. The third-order valence-electron chi connectivity index (χ3n) is 2.27. The molecule has 0 aliphatic heterocycles. The van der Waals surface area contributed by atoms with Crippen LogP contribution in [0.25, 0.3) is 10.4 Å². The Morgan fingerprint density at radius 1 is 1.28 bits per heavy atom. The number of hydrogen-bond donors (Lipinski definition) is 1. The van der Waals surface area contributed by atoms with E-state index < -0.39 is 11.9 Å². The number of rotatable bonds is 3. The lowest BCUT2D eigenvalue weighted by Crippen LogP contribution is -2.04. The first-order chi connectivity index (χ1) is 8.58. The molecule has 2 aromatic rings. The van der Waals surface area contributed by atoms with Crippen LogP contribution in [0, 0.1) is 0 Å². The Morgan fingerprint density at radius 3 is 2.61 bits per heavy atom. The summed E-state index contributed by atoms with van der Waals surface area (Å²) in [6.45, 7) is 1.31. The normalized spacial score (nSPS) is 10.1. The van der Waals surface area contributed by atoms with Crippen LogP contribution in [-0.4, -0.2) is 17.0 Å². The third-order valence-corrected chi connectivity index (χ3v) is 3.17. The van der Waals surface area contributed by atoms with Gasteiger partial charge in [-0.05, 0) is 29.6 Å². The van der Waals surface area contributed by atoms with Gasteiger partial charge in [-0.3, -0.25) is 4.79 Å². The van der Waals surface area contributed by atoms with E-state index in [1.807, 2.05) is 17.5 Å². The van der Waals surface area contributed by atoms with E-state index in [0.717, 1.165) is 4.88 Å². The zero-order chi connectivity index (χ0) is 13.1. The average molecular weight is 262 g/mol. The van der Waals surface area contributed by atoms with Crippen molar-refractivity contribution in [3.8, 4) is 16.2 Å². The van der Waals surface area contributed by atoms with E-state index in [1.165, 1.54) is 36.5 Å². The maximum Gasteiger partial charge on any atom is 0.335 e. The number of benzene rings is 1. The number of aromatic carboxylic acids is 1. The SMILES string of the molecule is CC(=O)Oc1ccc(C(=O)O)cc1-c1cccs1. The molecule has 1 N–H and O–H groups in total. The fraction of sp³-hybridized carbons (Fsp3) is 0.0769. The van der Waals surface area contributed by atoms with Crippen LogP contribution in [0.4, 0.5) is 0 Å². The Kier molecular flexibility index (Phi) is 3.43. The molecule has 1 heterocycles. The Balaban J connectivity index is 2.53. The number of hydrogen-bond acceptors (Lipinski definition) is 4. The summed E-state index contributed by atoms with van der Waals surface area (Å²) in [5.41, 5.74) is 0.773. The summed E-state index contributed by atoms with van der Waals surface area (Å²) in [6.07, 6.45) is 0. The molecular formula is C13H10O4S. The van der Waals surface area contributed by atoms with Crippen LogP contribution in [0.3, 0.4) is 0 Å². The predicted molar refractivity (Wildman–Crippen MR) is 68.0 cm³/mol. The van der Waals surface area contributed by atoms with Crippen LogP contribution in [0.5, 0.6) is 5.75 Å².